The molecular formula is C12H17N5. The Morgan fingerprint density at radius 2 is 2.18 bits per heavy atom. The Kier molecular flexibility index (Phi) is 2.46. The van der Waals surface area contributed by atoms with Gasteiger partial charge in [0.15, 0.2) is 5.65 Å². The van der Waals surface area contributed by atoms with Gasteiger partial charge in [0, 0.05) is 19.6 Å². The summed E-state index contributed by atoms with van der Waals surface area (Å²) in [5.74, 6) is 1.04. The van der Waals surface area contributed by atoms with Gasteiger partial charge < -0.3 is 4.90 Å². The minimum absolute atomic E-state index is 0.557. The van der Waals surface area contributed by atoms with Crippen molar-refractivity contribution in [3.05, 3.63) is 12.5 Å². The van der Waals surface area contributed by atoms with Crippen LogP contribution in [0.25, 0.3) is 11.0 Å². The van der Waals surface area contributed by atoms with Gasteiger partial charge in [-0.1, -0.05) is 0 Å². The molecule has 1 saturated heterocycles. The quantitative estimate of drug-likeness (QED) is 0.750. The van der Waals surface area contributed by atoms with Crippen LogP contribution in [0.4, 0.5) is 5.82 Å². The first kappa shape index (κ1) is 10.5. The molecule has 2 aromatic rings. The van der Waals surface area contributed by atoms with Crippen molar-refractivity contribution < 1.29 is 0 Å². The third kappa shape index (κ3) is 1.66. The van der Waals surface area contributed by atoms with Gasteiger partial charge in [-0.05, 0) is 26.2 Å². The molecule has 1 aliphatic heterocycles. The Morgan fingerprint density at radius 3 is 3.00 bits per heavy atom. The third-order valence-corrected chi connectivity index (χ3v) is 3.58. The molecular weight excluding hydrogens is 214 g/mol. The lowest BCUT2D eigenvalue weighted by molar-refractivity contribution is 0.482. The van der Waals surface area contributed by atoms with Crippen molar-refractivity contribution in [1.29, 1.82) is 0 Å². The van der Waals surface area contributed by atoms with Crippen molar-refractivity contribution in [2.75, 3.05) is 11.4 Å². The first-order chi connectivity index (χ1) is 8.27. The van der Waals surface area contributed by atoms with E-state index in [1.165, 1.54) is 19.3 Å². The molecule has 5 heteroatoms. The lowest BCUT2D eigenvalue weighted by atomic mass is 10.0. The molecule has 1 aliphatic rings. The van der Waals surface area contributed by atoms with E-state index in [0.717, 1.165) is 23.4 Å². The average molecular weight is 231 g/mol. The topological polar surface area (TPSA) is 46.8 Å². The van der Waals surface area contributed by atoms with Crippen molar-refractivity contribution in [3.63, 3.8) is 0 Å². The second kappa shape index (κ2) is 3.98. The SMILES string of the molecule is C[C@H]1CCCCN1c1ncnc2c1cnn2C. The number of anilines is 1. The van der Waals surface area contributed by atoms with E-state index in [1.54, 1.807) is 11.0 Å². The molecule has 90 valence electrons. The maximum atomic E-state index is 4.46. The molecule has 1 atom stereocenters. The highest BCUT2D eigenvalue weighted by molar-refractivity contribution is 5.86. The second-order valence-corrected chi connectivity index (χ2v) is 4.74. The fourth-order valence-corrected chi connectivity index (χ4v) is 2.59. The Bertz CT molecular complexity index is 533. The number of fused-ring (bicyclic) bond motifs is 1. The number of aromatic nitrogens is 4. The van der Waals surface area contributed by atoms with E-state index < -0.39 is 0 Å². The molecule has 0 N–H and O–H groups in total. The summed E-state index contributed by atoms with van der Waals surface area (Å²) in [6.45, 7) is 3.35. The Hall–Kier alpha value is -1.65. The van der Waals surface area contributed by atoms with Gasteiger partial charge in [-0.15, -0.1) is 0 Å². The summed E-state index contributed by atoms with van der Waals surface area (Å²) in [5, 5.41) is 5.32. The van der Waals surface area contributed by atoms with Crippen molar-refractivity contribution in [2.45, 2.75) is 32.2 Å². The fourth-order valence-electron chi connectivity index (χ4n) is 2.59. The summed E-state index contributed by atoms with van der Waals surface area (Å²) >= 11 is 0. The van der Waals surface area contributed by atoms with Gasteiger partial charge in [-0.25, -0.2) is 9.97 Å². The molecule has 0 saturated carbocycles. The summed E-state index contributed by atoms with van der Waals surface area (Å²) in [4.78, 5) is 11.1. The average Bonchev–Trinajstić information content (AvgIpc) is 2.72. The molecule has 0 aromatic carbocycles. The molecule has 0 amide bonds. The van der Waals surface area contributed by atoms with Gasteiger partial charge >= 0.3 is 0 Å². The Labute approximate surface area is 100 Å². The maximum absolute atomic E-state index is 4.46. The van der Waals surface area contributed by atoms with Crippen LogP contribution in [0.15, 0.2) is 12.5 Å². The summed E-state index contributed by atoms with van der Waals surface area (Å²) in [5.41, 5.74) is 0.910. The zero-order valence-corrected chi connectivity index (χ0v) is 10.3. The summed E-state index contributed by atoms with van der Waals surface area (Å²) in [6.07, 6.45) is 7.31. The summed E-state index contributed by atoms with van der Waals surface area (Å²) in [6, 6.07) is 0.557. The summed E-state index contributed by atoms with van der Waals surface area (Å²) in [7, 11) is 1.92. The predicted molar refractivity (Wildman–Crippen MR) is 67.0 cm³/mol. The molecule has 17 heavy (non-hydrogen) atoms. The highest BCUT2D eigenvalue weighted by atomic mass is 15.3. The lowest BCUT2D eigenvalue weighted by Gasteiger charge is -2.34. The fraction of sp³-hybridized carbons (Fsp3) is 0.583. The van der Waals surface area contributed by atoms with Crippen LogP contribution in [0.3, 0.4) is 0 Å². The van der Waals surface area contributed by atoms with Gasteiger partial charge in [-0.2, -0.15) is 5.10 Å². The smallest absolute Gasteiger partial charge is 0.163 e. The minimum atomic E-state index is 0.557. The van der Waals surface area contributed by atoms with Gasteiger partial charge in [0.05, 0.1) is 11.6 Å². The molecule has 0 radical (unpaired) electrons. The van der Waals surface area contributed by atoms with Crippen molar-refractivity contribution in [3.8, 4) is 0 Å². The molecule has 0 spiro atoms. The van der Waals surface area contributed by atoms with Crippen LogP contribution in [-0.2, 0) is 7.05 Å². The Balaban J connectivity index is 2.10. The van der Waals surface area contributed by atoms with E-state index in [0.29, 0.717) is 6.04 Å². The molecule has 5 nitrogen and oxygen atoms in total. The maximum Gasteiger partial charge on any atom is 0.163 e. The number of rotatable bonds is 1. The monoisotopic (exact) mass is 231 g/mol. The van der Waals surface area contributed by atoms with Crippen LogP contribution in [0, 0.1) is 0 Å². The largest absolute Gasteiger partial charge is 0.353 e. The third-order valence-electron chi connectivity index (χ3n) is 3.58. The van der Waals surface area contributed by atoms with Crippen molar-refractivity contribution in [2.24, 2.45) is 7.05 Å². The van der Waals surface area contributed by atoms with E-state index in [-0.39, 0.29) is 0 Å². The minimum Gasteiger partial charge on any atom is -0.353 e. The highest BCUT2D eigenvalue weighted by Gasteiger charge is 2.22. The first-order valence-electron chi connectivity index (χ1n) is 6.16. The molecule has 1 fully saturated rings. The van der Waals surface area contributed by atoms with Crippen LogP contribution in [0.1, 0.15) is 26.2 Å². The number of nitrogens with zero attached hydrogens (tertiary/aromatic N) is 5. The van der Waals surface area contributed by atoms with Crippen LogP contribution in [0.5, 0.6) is 0 Å². The zero-order valence-electron chi connectivity index (χ0n) is 10.3. The zero-order chi connectivity index (χ0) is 11.8. The molecule has 3 rings (SSSR count). The van der Waals surface area contributed by atoms with E-state index in [4.69, 9.17) is 0 Å². The van der Waals surface area contributed by atoms with E-state index >= 15 is 0 Å². The van der Waals surface area contributed by atoms with Gasteiger partial charge in [-0.3, -0.25) is 4.68 Å². The molecule has 2 aromatic heterocycles. The second-order valence-electron chi connectivity index (χ2n) is 4.74. The molecule has 0 bridgehead atoms. The number of hydrogen-bond donors (Lipinski definition) is 0. The van der Waals surface area contributed by atoms with Crippen LogP contribution < -0.4 is 4.90 Å². The van der Waals surface area contributed by atoms with Crippen LogP contribution >= 0.6 is 0 Å². The first-order valence-corrected chi connectivity index (χ1v) is 6.16. The highest BCUT2D eigenvalue weighted by Crippen LogP contribution is 2.28. The lowest BCUT2D eigenvalue weighted by Crippen LogP contribution is -2.38. The van der Waals surface area contributed by atoms with Gasteiger partial charge in [0.1, 0.15) is 12.1 Å². The standard InChI is InChI=1S/C12H17N5/c1-9-5-3-4-6-17(9)12-10-7-15-16(2)11(10)13-8-14-12/h7-9H,3-6H2,1-2H3/t9-/m0/s1. The number of hydrogen-bond acceptors (Lipinski definition) is 4. The van der Waals surface area contributed by atoms with Gasteiger partial charge in [0.2, 0.25) is 0 Å². The molecule has 3 heterocycles. The number of aryl methyl sites for hydroxylation is 1. The normalized spacial score (nSPS) is 21.1. The van der Waals surface area contributed by atoms with Gasteiger partial charge in [0.25, 0.3) is 0 Å². The van der Waals surface area contributed by atoms with E-state index in [1.807, 2.05) is 13.2 Å². The molecule has 0 unspecified atom stereocenters. The van der Waals surface area contributed by atoms with E-state index in [9.17, 15) is 0 Å². The Morgan fingerprint density at radius 1 is 1.29 bits per heavy atom. The van der Waals surface area contributed by atoms with Crippen molar-refractivity contribution in [1.82, 2.24) is 19.7 Å². The van der Waals surface area contributed by atoms with Crippen LogP contribution in [0.2, 0.25) is 0 Å². The van der Waals surface area contributed by atoms with Crippen LogP contribution in [-0.4, -0.2) is 32.3 Å². The summed E-state index contributed by atoms with van der Waals surface area (Å²) < 4.78 is 1.80. The number of piperidine rings is 1. The predicted octanol–water partition coefficient (Wildman–Crippen LogP) is 1.74. The van der Waals surface area contributed by atoms with Crippen molar-refractivity contribution >= 4 is 16.9 Å². The van der Waals surface area contributed by atoms with E-state index in [2.05, 4.69) is 26.9 Å². The molecule has 0 aliphatic carbocycles.